The lowest BCUT2D eigenvalue weighted by Gasteiger charge is -2.14. The Hall–Kier alpha value is -1.16. The van der Waals surface area contributed by atoms with E-state index in [-0.39, 0.29) is 11.3 Å². The summed E-state index contributed by atoms with van der Waals surface area (Å²) >= 11 is 1.97. The Morgan fingerprint density at radius 1 is 1.44 bits per heavy atom. The third-order valence-corrected chi connectivity index (χ3v) is 2.84. The quantitative estimate of drug-likeness (QED) is 0.246. The van der Waals surface area contributed by atoms with Crippen molar-refractivity contribution in [2.24, 2.45) is 4.40 Å². The number of carbonyl (C=O) groups excluding carboxylic acids is 1. The molecule has 0 amide bonds. The highest BCUT2D eigenvalue weighted by molar-refractivity contribution is 14.1. The van der Waals surface area contributed by atoms with E-state index in [0.29, 0.717) is 0 Å². The van der Waals surface area contributed by atoms with Crippen molar-refractivity contribution in [3.05, 3.63) is 27.3 Å². The van der Waals surface area contributed by atoms with Crippen LogP contribution in [0.5, 0.6) is 5.75 Å². The van der Waals surface area contributed by atoms with Crippen molar-refractivity contribution < 1.29 is 23.1 Å². The Labute approximate surface area is 118 Å². The summed E-state index contributed by atoms with van der Waals surface area (Å²) in [5.74, 6) is -1.58. The number of benzene rings is 1. The largest absolute Gasteiger partial charge is 0.858 e. The molecule has 0 spiro atoms. The molecule has 0 unspecified atom stereocenters. The molecular weight excluding hydrogens is 373 g/mol. The van der Waals surface area contributed by atoms with E-state index in [1.807, 2.05) is 22.6 Å². The van der Waals surface area contributed by atoms with Crippen molar-refractivity contribution in [1.29, 1.82) is 0 Å². The SMILES string of the molecule is CC(=O)Oc1cc(I)ccc1/C([O-])=N/S(C)(=O)=O. The first-order valence-corrected chi connectivity index (χ1v) is 7.57. The van der Waals surface area contributed by atoms with Crippen molar-refractivity contribution in [1.82, 2.24) is 0 Å². The van der Waals surface area contributed by atoms with Gasteiger partial charge in [0.2, 0.25) is 10.0 Å². The zero-order valence-corrected chi connectivity index (χ0v) is 12.5. The highest BCUT2D eigenvalue weighted by Crippen LogP contribution is 2.22. The maximum atomic E-state index is 11.6. The van der Waals surface area contributed by atoms with E-state index >= 15 is 0 Å². The number of ether oxygens (including phenoxy) is 1. The van der Waals surface area contributed by atoms with E-state index < -0.39 is 21.9 Å². The smallest absolute Gasteiger partial charge is 0.308 e. The van der Waals surface area contributed by atoms with Gasteiger partial charge in [-0.05, 0) is 40.8 Å². The summed E-state index contributed by atoms with van der Waals surface area (Å²) < 4.78 is 30.4. The maximum Gasteiger partial charge on any atom is 0.308 e. The summed E-state index contributed by atoms with van der Waals surface area (Å²) in [6.07, 6.45) is 0.809. The molecule has 0 saturated heterocycles. The van der Waals surface area contributed by atoms with Gasteiger partial charge >= 0.3 is 5.97 Å². The zero-order chi connectivity index (χ0) is 13.9. The monoisotopic (exact) mass is 382 g/mol. The molecule has 0 radical (unpaired) electrons. The van der Waals surface area contributed by atoms with Crippen LogP contribution >= 0.6 is 22.6 Å². The lowest BCUT2D eigenvalue weighted by atomic mass is 10.2. The minimum Gasteiger partial charge on any atom is -0.858 e. The Balaban J connectivity index is 3.32. The molecular formula is C10H9INO5S-. The summed E-state index contributed by atoms with van der Waals surface area (Å²) in [7, 11) is -3.79. The third-order valence-electron chi connectivity index (χ3n) is 1.68. The standard InChI is InChI=1S/C10H10INO5S/c1-6(13)17-9-5-7(11)3-4-8(9)10(14)12-18(2,15)16/h3-5H,1-2H3,(H,12,14)/p-1. The van der Waals surface area contributed by atoms with Crippen molar-refractivity contribution >= 4 is 44.5 Å². The van der Waals surface area contributed by atoms with Crippen molar-refractivity contribution in [2.45, 2.75) is 6.92 Å². The van der Waals surface area contributed by atoms with Crippen LogP contribution in [-0.2, 0) is 14.8 Å². The van der Waals surface area contributed by atoms with Gasteiger partial charge in [-0.25, -0.2) is 8.42 Å². The fraction of sp³-hybridized carbons (Fsp3) is 0.200. The second-order valence-electron chi connectivity index (χ2n) is 3.36. The van der Waals surface area contributed by atoms with Gasteiger partial charge in [-0.2, -0.15) is 4.40 Å². The molecule has 0 aromatic heterocycles. The van der Waals surface area contributed by atoms with Crippen LogP contribution < -0.4 is 9.84 Å². The van der Waals surface area contributed by atoms with Gasteiger partial charge in [0.15, 0.2) is 0 Å². The fourth-order valence-electron chi connectivity index (χ4n) is 1.11. The first kappa shape index (κ1) is 14.9. The van der Waals surface area contributed by atoms with E-state index in [1.165, 1.54) is 19.1 Å². The number of carbonyl (C=O) groups is 1. The van der Waals surface area contributed by atoms with Crippen molar-refractivity contribution in [3.63, 3.8) is 0 Å². The van der Waals surface area contributed by atoms with E-state index in [9.17, 15) is 18.3 Å². The molecule has 1 rings (SSSR count). The Morgan fingerprint density at radius 2 is 2.06 bits per heavy atom. The van der Waals surface area contributed by atoms with Crippen molar-refractivity contribution in [2.75, 3.05) is 6.26 Å². The molecule has 0 aliphatic heterocycles. The molecule has 1 aromatic carbocycles. The number of esters is 1. The van der Waals surface area contributed by atoms with Crippen LogP contribution in [0.1, 0.15) is 12.5 Å². The molecule has 0 aliphatic rings. The zero-order valence-electron chi connectivity index (χ0n) is 9.51. The topological polar surface area (TPSA) is 95.9 Å². The molecule has 18 heavy (non-hydrogen) atoms. The van der Waals surface area contributed by atoms with Crippen LogP contribution in [-0.4, -0.2) is 26.5 Å². The molecule has 0 N–H and O–H groups in total. The van der Waals surface area contributed by atoms with Gasteiger partial charge < -0.3 is 9.84 Å². The highest BCUT2D eigenvalue weighted by atomic mass is 127. The van der Waals surface area contributed by atoms with Crippen LogP contribution in [0.4, 0.5) is 0 Å². The van der Waals surface area contributed by atoms with E-state index in [0.717, 1.165) is 9.83 Å². The first-order valence-electron chi connectivity index (χ1n) is 4.64. The second-order valence-corrected chi connectivity index (χ2v) is 6.26. The number of hydrogen-bond donors (Lipinski definition) is 0. The molecule has 0 aliphatic carbocycles. The van der Waals surface area contributed by atoms with Gasteiger partial charge in [0.1, 0.15) is 5.75 Å². The maximum absolute atomic E-state index is 11.6. The average molecular weight is 382 g/mol. The van der Waals surface area contributed by atoms with Gasteiger partial charge in [-0.1, -0.05) is 0 Å². The molecule has 0 bridgehead atoms. The normalized spacial score (nSPS) is 12.3. The molecule has 0 saturated carbocycles. The van der Waals surface area contributed by atoms with Crippen LogP contribution in [0.2, 0.25) is 0 Å². The van der Waals surface area contributed by atoms with Gasteiger partial charge in [0.05, 0.1) is 6.26 Å². The predicted molar refractivity (Wildman–Crippen MR) is 71.8 cm³/mol. The highest BCUT2D eigenvalue weighted by Gasteiger charge is 2.09. The van der Waals surface area contributed by atoms with Gasteiger partial charge in [0.25, 0.3) is 0 Å². The Kier molecular flexibility index (Phi) is 4.68. The summed E-state index contributed by atoms with van der Waals surface area (Å²) in [5, 5.41) is 11.6. The number of nitrogens with zero attached hydrogens (tertiary/aromatic N) is 1. The number of sulfonamides is 1. The summed E-state index contributed by atoms with van der Waals surface area (Å²) in [6.45, 7) is 1.18. The fourth-order valence-corrected chi connectivity index (χ4v) is 1.97. The molecule has 0 heterocycles. The summed E-state index contributed by atoms with van der Waals surface area (Å²) in [4.78, 5) is 10.9. The van der Waals surface area contributed by atoms with Gasteiger partial charge in [0, 0.05) is 22.0 Å². The average Bonchev–Trinajstić information content (AvgIpc) is 2.13. The van der Waals surface area contributed by atoms with Crippen LogP contribution in [0.15, 0.2) is 22.6 Å². The molecule has 0 fully saturated rings. The Bertz CT molecular complexity index is 609. The lowest BCUT2D eigenvalue weighted by Crippen LogP contribution is -2.22. The minimum absolute atomic E-state index is 0.00759. The summed E-state index contributed by atoms with van der Waals surface area (Å²) in [6, 6.07) is 4.39. The number of hydrogen-bond acceptors (Lipinski definition) is 5. The molecule has 8 heteroatoms. The van der Waals surface area contributed by atoms with Crippen LogP contribution in [0, 0.1) is 3.57 Å². The third kappa shape index (κ3) is 4.61. The van der Waals surface area contributed by atoms with Crippen molar-refractivity contribution in [3.8, 4) is 5.75 Å². The molecule has 1 aromatic rings. The molecule has 6 nitrogen and oxygen atoms in total. The van der Waals surface area contributed by atoms with Gasteiger partial charge in [-0.15, -0.1) is 0 Å². The first-order chi connectivity index (χ1) is 8.19. The Morgan fingerprint density at radius 3 is 2.56 bits per heavy atom. The number of rotatable bonds is 3. The number of halogens is 1. The van der Waals surface area contributed by atoms with Gasteiger partial charge in [-0.3, -0.25) is 4.79 Å². The predicted octanol–water partition coefficient (Wildman–Crippen LogP) is 0.283. The molecule has 98 valence electrons. The summed E-state index contributed by atoms with van der Waals surface area (Å²) in [5.41, 5.74) is -0.0731. The minimum atomic E-state index is -3.79. The van der Waals surface area contributed by atoms with E-state index in [4.69, 9.17) is 4.74 Å². The van der Waals surface area contributed by atoms with Crippen LogP contribution in [0.25, 0.3) is 0 Å². The molecule has 0 atom stereocenters. The second kappa shape index (κ2) is 5.65. The van der Waals surface area contributed by atoms with Crippen LogP contribution in [0.3, 0.4) is 0 Å². The lowest BCUT2D eigenvalue weighted by molar-refractivity contribution is -0.212. The van der Waals surface area contributed by atoms with E-state index in [1.54, 1.807) is 6.07 Å². The van der Waals surface area contributed by atoms with E-state index in [2.05, 4.69) is 4.40 Å².